The number of sulfonamides is 1. The Labute approximate surface area is 153 Å². The van der Waals surface area contributed by atoms with E-state index in [0.29, 0.717) is 11.0 Å². The van der Waals surface area contributed by atoms with Crippen LogP contribution in [0.2, 0.25) is 5.02 Å². The first-order valence-electron chi connectivity index (χ1n) is 8.15. The third kappa shape index (κ3) is 5.04. The number of hydroxylamine groups is 1. The van der Waals surface area contributed by atoms with Crippen molar-refractivity contribution in [3.8, 4) is 0 Å². The zero-order valence-corrected chi connectivity index (χ0v) is 16.0. The minimum absolute atomic E-state index is 0.0350. The summed E-state index contributed by atoms with van der Waals surface area (Å²) in [6.45, 7) is 0.521. The van der Waals surface area contributed by atoms with Crippen LogP contribution >= 0.6 is 11.6 Å². The Morgan fingerprint density at radius 1 is 1.36 bits per heavy atom. The number of nitrogens with zero attached hydrogens (tertiary/aromatic N) is 1. The average molecular weight is 387 g/mol. The maximum atomic E-state index is 12.4. The number of nitrogens with one attached hydrogen (secondary N) is 1. The van der Waals surface area contributed by atoms with Crippen LogP contribution in [0.3, 0.4) is 0 Å². The van der Waals surface area contributed by atoms with Crippen LogP contribution in [-0.4, -0.2) is 39.5 Å². The van der Waals surface area contributed by atoms with E-state index in [1.165, 1.54) is 50.8 Å². The van der Waals surface area contributed by atoms with Crippen molar-refractivity contribution < 1.29 is 18.0 Å². The molecule has 1 aliphatic rings. The molecule has 6 nitrogen and oxygen atoms in total. The van der Waals surface area contributed by atoms with E-state index in [2.05, 4.69) is 11.4 Å². The van der Waals surface area contributed by atoms with Crippen LogP contribution in [0.1, 0.15) is 42.5 Å². The van der Waals surface area contributed by atoms with E-state index in [-0.39, 0.29) is 21.4 Å². The molecule has 2 rings (SSSR count). The van der Waals surface area contributed by atoms with Crippen molar-refractivity contribution in [1.82, 2.24) is 9.79 Å². The van der Waals surface area contributed by atoms with Gasteiger partial charge in [0, 0.05) is 19.2 Å². The van der Waals surface area contributed by atoms with Crippen LogP contribution in [0.15, 0.2) is 34.7 Å². The smallest absolute Gasteiger partial charge is 0.266 e. The van der Waals surface area contributed by atoms with Crippen molar-refractivity contribution in [2.45, 2.75) is 37.0 Å². The number of allylic oxidation sites excluding steroid dienone is 1. The number of benzene rings is 1. The van der Waals surface area contributed by atoms with Crippen molar-refractivity contribution in [2.24, 2.45) is 0 Å². The Morgan fingerprint density at radius 3 is 2.76 bits per heavy atom. The molecular weight excluding hydrogens is 364 g/mol. The predicted octanol–water partition coefficient (Wildman–Crippen LogP) is 3.14. The summed E-state index contributed by atoms with van der Waals surface area (Å²) >= 11 is 5.99. The van der Waals surface area contributed by atoms with Crippen LogP contribution in [0.5, 0.6) is 0 Å². The average Bonchev–Trinajstić information content (AvgIpc) is 2.61. The molecule has 1 amide bonds. The Hall–Kier alpha value is -1.41. The lowest BCUT2D eigenvalue weighted by atomic mass is 9.97. The quantitative estimate of drug-likeness (QED) is 0.577. The molecule has 0 saturated heterocycles. The number of rotatable bonds is 7. The fourth-order valence-corrected chi connectivity index (χ4v) is 4.12. The lowest BCUT2D eigenvalue weighted by Crippen LogP contribution is -2.27. The molecule has 0 heterocycles. The fraction of sp³-hybridized carbons (Fsp3) is 0.471. The first-order chi connectivity index (χ1) is 11.9. The fourth-order valence-electron chi connectivity index (χ4n) is 2.65. The molecule has 0 bridgehead atoms. The van der Waals surface area contributed by atoms with Crippen molar-refractivity contribution in [1.29, 1.82) is 0 Å². The van der Waals surface area contributed by atoms with E-state index in [0.717, 1.165) is 19.3 Å². The second-order valence-corrected chi connectivity index (χ2v) is 8.17. The molecular formula is C17H23ClN2O4S. The number of halogens is 1. The van der Waals surface area contributed by atoms with Crippen LogP contribution in [0, 0.1) is 0 Å². The molecule has 1 aromatic carbocycles. The molecule has 8 heteroatoms. The van der Waals surface area contributed by atoms with Crippen molar-refractivity contribution in [2.75, 3.05) is 20.7 Å². The standard InChI is InChI=1S/C17H23ClN2O4S/c1-20(24-2)25(22,23)16-12-14(8-9-15(16)18)17(21)19-11-10-13-6-4-3-5-7-13/h6,8-9,12H,3-5,7,10-11H2,1-2H3,(H,19,21). The third-order valence-corrected chi connectivity index (χ3v) is 6.34. The first-order valence-corrected chi connectivity index (χ1v) is 9.96. The third-order valence-electron chi connectivity index (χ3n) is 4.18. The molecule has 0 radical (unpaired) electrons. The minimum atomic E-state index is -3.92. The van der Waals surface area contributed by atoms with Gasteiger partial charge in [0.05, 0.1) is 12.1 Å². The highest BCUT2D eigenvalue weighted by atomic mass is 35.5. The van der Waals surface area contributed by atoms with Crippen LogP contribution in [0.4, 0.5) is 0 Å². The van der Waals surface area contributed by atoms with Crippen molar-refractivity contribution in [3.63, 3.8) is 0 Å². The summed E-state index contributed by atoms with van der Waals surface area (Å²) < 4.78 is 25.4. The lowest BCUT2D eigenvalue weighted by molar-refractivity contribution is -0.0258. The van der Waals surface area contributed by atoms with Crippen LogP contribution in [-0.2, 0) is 14.9 Å². The zero-order chi connectivity index (χ0) is 18.4. The highest BCUT2D eigenvalue weighted by Crippen LogP contribution is 2.25. The SMILES string of the molecule is CON(C)S(=O)(=O)c1cc(C(=O)NCCC2=CCCCC2)ccc1Cl. The lowest BCUT2D eigenvalue weighted by Gasteiger charge is -2.16. The number of carbonyl (C=O) groups excluding carboxylic acids is 1. The molecule has 0 saturated carbocycles. The predicted molar refractivity (Wildman–Crippen MR) is 96.9 cm³/mol. The molecule has 0 aliphatic heterocycles. The highest BCUT2D eigenvalue weighted by Gasteiger charge is 2.25. The molecule has 0 spiro atoms. The Bertz CT molecular complexity index is 762. The summed E-state index contributed by atoms with van der Waals surface area (Å²) in [6.07, 6.45) is 7.68. The zero-order valence-electron chi connectivity index (χ0n) is 14.4. The van der Waals surface area contributed by atoms with Gasteiger partial charge in [-0.2, -0.15) is 0 Å². The van der Waals surface area contributed by atoms with E-state index >= 15 is 0 Å². The Kier molecular flexibility index (Phi) is 7.01. The topological polar surface area (TPSA) is 75.7 Å². The van der Waals surface area contributed by atoms with Gasteiger partial charge in [-0.3, -0.25) is 9.63 Å². The molecule has 1 aliphatic carbocycles. The van der Waals surface area contributed by atoms with Gasteiger partial charge in [-0.15, -0.1) is 0 Å². The van der Waals surface area contributed by atoms with Gasteiger partial charge < -0.3 is 5.32 Å². The number of amides is 1. The number of hydrogen-bond acceptors (Lipinski definition) is 4. The minimum Gasteiger partial charge on any atom is -0.352 e. The molecule has 0 atom stereocenters. The van der Waals surface area contributed by atoms with E-state index in [1.54, 1.807) is 0 Å². The Balaban J connectivity index is 2.07. The van der Waals surface area contributed by atoms with E-state index < -0.39 is 10.0 Å². The van der Waals surface area contributed by atoms with Crippen LogP contribution < -0.4 is 5.32 Å². The number of carbonyl (C=O) groups is 1. The molecule has 0 unspecified atom stereocenters. The molecule has 1 aromatic rings. The molecule has 138 valence electrons. The van der Waals surface area contributed by atoms with Crippen molar-refractivity contribution >= 4 is 27.5 Å². The number of hydrogen-bond donors (Lipinski definition) is 1. The van der Waals surface area contributed by atoms with Gasteiger partial charge >= 0.3 is 0 Å². The largest absolute Gasteiger partial charge is 0.352 e. The van der Waals surface area contributed by atoms with E-state index in [9.17, 15) is 13.2 Å². The summed E-state index contributed by atoms with van der Waals surface area (Å²) in [5, 5.41) is 2.86. The Morgan fingerprint density at radius 2 is 2.12 bits per heavy atom. The molecule has 1 N–H and O–H groups in total. The maximum absolute atomic E-state index is 12.4. The van der Waals surface area contributed by atoms with E-state index in [1.807, 2.05) is 0 Å². The van der Waals surface area contributed by atoms with Gasteiger partial charge in [-0.05, 0) is 50.3 Å². The first kappa shape index (κ1) is 19.9. The summed E-state index contributed by atoms with van der Waals surface area (Å²) in [5.41, 5.74) is 1.61. The van der Waals surface area contributed by atoms with Gasteiger partial charge in [0.2, 0.25) is 0 Å². The van der Waals surface area contributed by atoms with Crippen molar-refractivity contribution in [3.05, 3.63) is 40.4 Å². The van der Waals surface area contributed by atoms with Gasteiger partial charge in [0.1, 0.15) is 4.90 Å². The van der Waals surface area contributed by atoms with Gasteiger partial charge in [0.15, 0.2) is 0 Å². The summed E-state index contributed by atoms with van der Waals surface area (Å²) in [4.78, 5) is 16.9. The van der Waals surface area contributed by atoms with Crippen LogP contribution in [0.25, 0.3) is 0 Å². The van der Waals surface area contributed by atoms with E-state index in [4.69, 9.17) is 16.4 Å². The molecule has 0 fully saturated rings. The van der Waals surface area contributed by atoms with Gasteiger partial charge in [-0.1, -0.05) is 27.7 Å². The highest BCUT2D eigenvalue weighted by molar-refractivity contribution is 7.89. The monoisotopic (exact) mass is 386 g/mol. The normalized spacial score (nSPS) is 15.1. The second-order valence-electron chi connectivity index (χ2n) is 5.86. The van der Waals surface area contributed by atoms with Gasteiger partial charge in [-0.25, -0.2) is 8.42 Å². The molecule has 25 heavy (non-hydrogen) atoms. The van der Waals surface area contributed by atoms with Gasteiger partial charge in [0.25, 0.3) is 15.9 Å². The summed E-state index contributed by atoms with van der Waals surface area (Å²) in [5.74, 6) is -0.329. The summed E-state index contributed by atoms with van der Waals surface area (Å²) in [7, 11) is -1.43. The molecule has 0 aromatic heterocycles. The summed E-state index contributed by atoms with van der Waals surface area (Å²) in [6, 6.07) is 4.17. The second kappa shape index (κ2) is 8.80. The maximum Gasteiger partial charge on any atom is 0.266 e.